The van der Waals surface area contributed by atoms with Crippen molar-refractivity contribution >= 4 is 21.6 Å². The predicted molar refractivity (Wildman–Crippen MR) is 72.0 cm³/mol. The first-order valence-electron chi connectivity index (χ1n) is 5.93. The number of rotatable bonds is 6. The lowest BCUT2D eigenvalue weighted by atomic mass is 10.2. The first-order chi connectivity index (χ1) is 8.81. The van der Waals surface area contributed by atoms with E-state index in [4.69, 9.17) is 16.7 Å². The van der Waals surface area contributed by atoms with E-state index in [2.05, 4.69) is 4.72 Å². The Bertz CT molecular complexity index is 548. The molecule has 4 nitrogen and oxygen atoms in total. The Morgan fingerprint density at radius 2 is 2.11 bits per heavy atom. The van der Waals surface area contributed by atoms with E-state index in [1.807, 2.05) is 6.92 Å². The molecule has 0 aliphatic heterocycles. The first kappa shape index (κ1) is 16.4. The Kier molecular flexibility index (Phi) is 5.73. The third kappa shape index (κ3) is 4.14. The smallest absolute Gasteiger partial charge is 0.243 e. The van der Waals surface area contributed by atoms with Crippen molar-refractivity contribution in [2.75, 3.05) is 0 Å². The minimum Gasteiger partial charge on any atom is -0.392 e. The van der Waals surface area contributed by atoms with Crippen molar-refractivity contribution in [2.45, 2.75) is 44.2 Å². The van der Waals surface area contributed by atoms with E-state index in [1.54, 1.807) is 6.92 Å². The summed E-state index contributed by atoms with van der Waals surface area (Å²) in [5.41, 5.74) is -0.143. The van der Waals surface area contributed by atoms with Crippen LogP contribution >= 0.6 is 11.6 Å². The van der Waals surface area contributed by atoms with Gasteiger partial charge in [-0.25, -0.2) is 17.5 Å². The number of aliphatic hydroxyl groups is 1. The van der Waals surface area contributed by atoms with E-state index < -0.39 is 27.3 Å². The van der Waals surface area contributed by atoms with E-state index in [0.717, 1.165) is 12.5 Å². The number of hydrogen-bond acceptors (Lipinski definition) is 3. The highest BCUT2D eigenvalue weighted by molar-refractivity contribution is 7.89. The van der Waals surface area contributed by atoms with Crippen LogP contribution in [0.2, 0.25) is 5.02 Å². The second-order valence-corrected chi connectivity index (χ2v) is 6.46. The van der Waals surface area contributed by atoms with Crippen molar-refractivity contribution < 1.29 is 17.9 Å². The highest BCUT2D eigenvalue weighted by Crippen LogP contribution is 2.24. The quantitative estimate of drug-likeness (QED) is 0.848. The number of nitrogens with one attached hydrogen (secondary N) is 1. The normalized spacial score (nSPS) is 13.5. The molecule has 0 radical (unpaired) electrons. The lowest BCUT2D eigenvalue weighted by molar-refractivity contribution is 0.274. The third-order valence-electron chi connectivity index (χ3n) is 2.62. The zero-order chi connectivity index (χ0) is 14.6. The molecule has 108 valence electrons. The van der Waals surface area contributed by atoms with Crippen molar-refractivity contribution in [1.29, 1.82) is 0 Å². The zero-order valence-electron chi connectivity index (χ0n) is 10.8. The maximum Gasteiger partial charge on any atom is 0.243 e. The second-order valence-electron chi connectivity index (χ2n) is 4.35. The topological polar surface area (TPSA) is 66.4 Å². The van der Waals surface area contributed by atoms with Crippen LogP contribution in [0.15, 0.2) is 17.0 Å². The summed E-state index contributed by atoms with van der Waals surface area (Å²) < 4.78 is 40.5. The van der Waals surface area contributed by atoms with Gasteiger partial charge in [0, 0.05) is 16.6 Å². The predicted octanol–water partition coefficient (Wildman–Crippen LogP) is 2.44. The van der Waals surface area contributed by atoms with Gasteiger partial charge < -0.3 is 5.11 Å². The summed E-state index contributed by atoms with van der Waals surface area (Å²) in [6.45, 7) is 3.02. The minimum atomic E-state index is -3.99. The molecule has 0 amide bonds. The fraction of sp³-hybridized carbons (Fsp3) is 0.500. The molecule has 0 fully saturated rings. The number of hydrogen-bond donors (Lipinski definition) is 2. The fourth-order valence-corrected chi connectivity index (χ4v) is 3.48. The molecule has 1 aromatic carbocycles. The minimum absolute atomic E-state index is 0.0639. The summed E-state index contributed by atoms with van der Waals surface area (Å²) in [5.74, 6) is -0.969. The van der Waals surface area contributed by atoms with Crippen molar-refractivity contribution in [2.24, 2.45) is 0 Å². The van der Waals surface area contributed by atoms with Crippen LogP contribution in [0.25, 0.3) is 0 Å². The number of benzene rings is 1. The molecular weight excluding hydrogens is 293 g/mol. The molecule has 1 rings (SSSR count). The van der Waals surface area contributed by atoms with Crippen LogP contribution in [0.3, 0.4) is 0 Å². The molecular formula is C12H17ClFNO3S. The first-order valence-corrected chi connectivity index (χ1v) is 7.79. The zero-order valence-corrected chi connectivity index (χ0v) is 12.4. The van der Waals surface area contributed by atoms with Crippen LogP contribution in [0, 0.1) is 5.82 Å². The van der Waals surface area contributed by atoms with E-state index in [1.165, 1.54) is 6.07 Å². The van der Waals surface area contributed by atoms with Gasteiger partial charge in [0.25, 0.3) is 0 Å². The fourth-order valence-electron chi connectivity index (χ4n) is 1.75. The number of sulfonamides is 1. The van der Waals surface area contributed by atoms with Crippen LogP contribution in [0.5, 0.6) is 0 Å². The van der Waals surface area contributed by atoms with E-state index in [-0.39, 0.29) is 16.6 Å². The molecule has 1 aromatic rings. The summed E-state index contributed by atoms with van der Waals surface area (Å²) in [6, 6.07) is 1.94. The van der Waals surface area contributed by atoms with Gasteiger partial charge in [0.1, 0.15) is 10.7 Å². The number of halogens is 2. The molecule has 2 N–H and O–H groups in total. The van der Waals surface area contributed by atoms with Gasteiger partial charge in [-0.15, -0.1) is 0 Å². The van der Waals surface area contributed by atoms with Gasteiger partial charge in [0.15, 0.2) is 0 Å². The molecule has 1 atom stereocenters. The van der Waals surface area contributed by atoms with Gasteiger partial charge >= 0.3 is 0 Å². The molecule has 0 aliphatic carbocycles. The molecule has 0 spiro atoms. The highest BCUT2D eigenvalue weighted by atomic mass is 35.5. The van der Waals surface area contributed by atoms with Crippen LogP contribution < -0.4 is 4.72 Å². The molecule has 0 aliphatic rings. The van der Waals surface area contributed by atoms with Gasteiger partial charge in [0.2, 0.25) is 10.0 Å². The van der Waals surface area contributed by atoms with Gasteiger partial charge in [0.05, 0.1) is 6.61 Å². The van der Waals surface area contributed by atoms with E-state index in [0.29, 0.717) is 6.42 Å². The van der Waals surface area contributed by atoms with Crippen LogP contribution in [0.1, 0.15) is 32.3 Å². The summed E-state index contributed by atoms with van der Waals surface area (Å²) in [7, 11) is -3.99. The van der Waals surface area contributed by atoms with Crippen molar-refractivity contribution in [3.63, 3.8) is 0 Å². The molecule has 19 heavy (non-hydrogen) atoms. The monoisotopic (exact) mass is 309 g/mol. The maximum absolute atomic E-state index is 13.9. The SMILES string of the molecule is CCCC(C)NS(=O)(=O)c1cc(Cl)cc(CO)c1F. The Labute approximate surface area is 117 Å². The largest absolute Gasteiger partial charge is 0.392 e. The lowest BCUT2D eigenvalue weighted by Gasteiger charge is -2.15. The third-order valence-corrected chi connectivity index (χ3v) is 4.42. The Balaban J connectivity index is 3.18. The molecule has 0 saturated heterocycles. The van der Waals surface area contributed by atoms with Crippen molar-refractivity contribution in [3.8, 4) is 0 Å². The summed E-state index contributed by atoms with van der Waals surface area (Å²) >= 11 is 5.73. The van der Waals surface area contributed by atoms with Gasteiger partial charge in [-0.3, -0.25) is 0 Å². The molecule has 0 saturated carbocycles. The standard InChI is InChI=1S/C12H17ClFNO3S/c1-3-4-8(2)15-19(17,18)11-6-10(13)5-9(7-16)12(11)14/h5-6,8,15-16H,3-4,7H2,1-2H3. The maximum atomic E-state index is 13.9. The van der Waals surface area contributed by atoms with E-state index >= 15 is 0 Å². The number of aliphatic hydroxyl groups excluding tert-OH is 1. The molecule has 1 unspecified atom stereocenters. The molecule has 0 aromatic heterocycles. The lowest BCUT2D eigenvalue weighted by Crippen LogP contribution is -2.33. The molecule has 7 heteroatoms. The van der Waals surface area contributed by atoms with Crippen molar-refractivity contribution in [1.82, 2.24) is 4.72 Å². The summed E-state index contributed by atoms with van der Waals surface area (Å²) in [5, 5.41) is 9.05. The van der Waals surface area contributed by atoms with Gasteiger partial charge in [-0.1, -0.05) is 24.9 Å². The van der Waals surface area contributed by atoms with Crippen LogP contribution in [-0.4, -0.2) is 19.6 Å². The summed E-state index contributed by atoms with van der Waals surface area (Å²) in [6.07, 6.45) is 1.46. The van der Waals surface area contributed by atoms with Gasteiger partial charge in [-0.05, 0) is 25.5 Å². The Hall–Kier alpha value is -0.690. The van der Waals surface area contributed by atoms with E-state index in [9.17, 15) is 12.8 Å². The Morgan fingerprint density at radius 1 is 1.47 bits per heavy atom. The van der Waals surface area contributed by atoms with Crippen LogP contribution in [0.4, 0.5) is 4.39 Å². The molecule has 0 heterocycles. The average molecular weight is 310 g/mol. The average Bonchev–Trinajstić information content (AvgIpc) is 2.31. The molecule has 0 bridgehead atoms. The highest BCUT2D eigenvalue weighted by Gasteiger charge is 2.23. The second kappa shape index (κ2) is 6.65. The van der Waals surface area contributed by atoms with Crippen molar-refractivity contribution in [3.05, 3.63) is 28.5 Å². The van der Waals surface area contributed by atoms with Gasteiger partial charge in [-0.2, -0.15) is 0 Å². The Morgan fingerprint density at radius 3 is 2.63 bits per heavy atom. The van der Waals surface area contributed by atoms with Crippen LogP contribution in [-0.2, 0) is 16.6 Å². The summed E-state index contributed by atoms with van der Waals surface area (Å²) in [4.78, 5) is -0.535.